The van der Waals surface area contributed by atoms with Crippen molar-refractivity contribution in [3.8, 4) is 0 Å². The summed E-state index contributed by atoms with van der Waals surface area (Å²) in [7, 11) is 0. The Morgan fingerprint density at radius 2 is 1.55 bits per heavy atom. The van der Waals surface area contributed by atoms with Gasteiger partial charge >= 0.3 is 6.18 Å². The van der Waals surface area contributed by atoms with Crippen LogP contribution in [0.15, 0.2) is 0 Å². The predicted molar refractivity (Wildman–Crippen MR) is 73.8 cm³/mol. The van der Waals surface area contributed by atoms with Crippen LogP contribution in [0.1, 0.15) is 26.2 Å². The molecule has 2 rings (SSSR count). The molecule has 118 valence electrons. The molecule has 0 amide bonds. The summed E-state index contributed by atoms with van der Waals surface area (Å²) >= 11 is 0. The lowest BCUT2D eigenvalue weighted by Crippen LogP contribution is -2.53. The summed E-state index contributed by atoms with van der Waals surface area (Å²) in [6, 6.07) is 0. The standard InChI is InChI=1S/C14H26F3N3/c1-2-13(3-5-18-6-4-13)11-19-7-9-20(10-8-19)12-14(15,16)17/h18H,2-12H2,1H3. The average molecular weight is 293 g/mol. The van der Waals surface area contributed by atoms with E-state index >= 15 is 0 Å². The highest BCUT2D eigenvalue weighted by Crippen LogP contribution is 2.33. The Kier molecular flexibility index (Phi) is 5.31. The molecule has 1 N–H and O–H groups in total. The summed E-state index contributed by atoms with van der Waals surface area (Å²) in [6.07, 6.45) is -0.530. The minimum atomic E-state index is -4.07. The Bertz CT molecular complexity index is 293. The van der Waals surface area contributed by atoms with Gasteiger partial charge in [0.25, 0.3) is 0 Å². The fourth-order valence-corrected chi connectivity index (χ4v) is 3.41. The third kappa shape index (κ3) is 4.60. The molecular formula is C14H26F3N3. The van der Waals surface area contributed by atoms with Crippen molar-refractivity contribution in [1.82, 2.24) is 15.1 Å². The number of rotatable bonds is 4. The Hall–Kier alpha value is -0.330. The zero-order valence-corrected chi connectivity index (χ0v) is 12.3. The van der Waals surface area contributed by atoms with Gasteiger partial charge in [-0.3, -0.25) is 4.90 Å². The van der Waals surface area contributed by atoms with Crippen molar-refractivity contribution in [3.05, 3.63) is 0 Å². The topological polar surface area (TPSA) is 18.5 Å². The second-order valence-corrected chi connectivity index (χ2v) is 6.27. The molecular weight excluding hydrogens is 267 g/mol. The Morgan fingerprint density at radius 3 is 2.05 bits per heavy atom. The van der Waals surface area contributed by atoms with Crippen LogP contribution in [0.2, 0.25) is 0 Å². The largest absolute Gasteiger partial charge is 0.401 e. The van der Waals surface area contributed by atoms with E-state index in [1.807, 2.05) is 0 Å². The lowest BCUT2D eigenvalue weighted by molar-refractivity contribution is -0.149. The highest BCUT2D eigenvalue weighted by Gasteiger charge is 2.35. The number of nitrogens with one attached hydrogen (secondary N) is 1. The second-order valence-electron chi connectivity index (χ2n) is 6.27. The minimum absolute atomic E-state index is 0.372. The zero-order chi connectivity index (χ0) is 14.6. The number of hydrogen-bond donors (Lipinski definition) is 1. The molecule has 2 aliphatic rings. The molecule has 0 bridgehead atoms. The number of nitrogens with zero attached hydrogens (tertiary/aromatic N) is 2. The van der Waals surface area contributed by atoms with Gasteiger partial charge < -0.3 is 10.2 Å². The number of hydrogen-bond acceptors (Lipinski definition) is 3. The van der Waals surface area contributed by atoms with Crippen molar-refractivity contribution in [2.24, 2.45) is 5.41 Å². The lowest BCUT2D eigenvalue weighted by Gasteiger charge is -2.43. The van der Waals surface area contributed by atoms with Crippen molar-refractivity contribution in [1.29, 1.82) is 0 Å². The van der Waals surface area contributed by atoms with Crippen LogP contribution in [0.4, 0.5) is 13.2 Å². The molecule has 20 heavy (non-hydrogen) atoms. The Labute approximate surface area is 119 Å². The van der Waals surface area contributed by atoms with E-state index in [9.17, 15) is 13.2 Å². The quantitative estimate of drug-likeness (QED) is 0.855. The molecule has 6 heteroatoms. The molecule has 0 aromatic carbocycles. The molecule has 0 radical (unpaired) electrons. The SMILES string of the molecule is CCC1(CN2CCN(CC(F)(F)F)CC2)CCNCC1. The number of halogens is 3. The molecule has 0 spiro atoms. The summed E-state index contributed by atoms with van der Waals surface area (Å²) in [6.45, 7) is 7.29. The Balaban J connectivity index is 1.78. The maximum Gasteiger partial charge on any atom is 0.401 e. The first-order chi connectivity index (χ1) is 9.42. The van der Waals surface area contributed by atoms with E-state index < -0.39 is 12.7 Å². The molecule has 2 heterocycles. The van der Waals surface area contributed by atoms with Crippen LogP contribution in [0, 0.1) is 5.41 Å². The normalized spacial score (nSPS) is 25.8. The Morgan fingerprint density at radius 1 is 1.00 bits per heavy atom. The molecule has 0 saturated carbocycles. The molecule has 0 aliphatic carbocycles. The second kappa shape index (κ2) is 6.62. The summed E-state index contributed by atoms with van der Waals surface area (Å²) in [5, 5.41) is 3.39. The number of alkyl halides is 3. The van der Waals surface area contributed by atoms with Gasteiger partial charge in [0.05, 0.1) is 6.54 Å². The van der Waals surface area contributed by atoms with Crippen LogP contribution >= 0.6 is 0 Å². The van der Waals surface area contributed by atoms with Crippen molar-refractivity contribution in [2.75, 3.05) is 52.4 Å². The molecule has 0 aromatic heterocycles. The van der Waals surface area contributed by atoms with Gasteiger partial charge in [-0.15, -0.1) is 0 Å². The maximum atomic E-state index is 12.4. The predicted octanol–water partition coefficient (Wildman–Crippen LogP) is 1.95. The molecule has 2 aliphatic heterocycles. The van der Waals surface area contributed by atoms with Crippen molar-refractivity contribution < 1.29 is 13.2 Å². The van der Waals surface area contributed by atoms with Crippen LogP contribution < -0.4 is 5.32 Å². The first kappa shape index (κ1) is 16.0. The first-order valence-electron chi connectivity index (χ1n) is 7.65. The van der Waals surface area contributed by atoms with Crippen molar-refractivity contribution in [3.63, 3.8) is 0 Å². The van der Waals surface area contributed by atoms with Crippen molar-refractivity contribution >= 4 is 0 Å². The summed E-state index contributed by atoms with van der Waals surface area (Å²) < 4.78 is 37.1. The van der Waals surface area contributed by atoms with Gasteiger partial charge in [-0.1, -0.05) is 6.92 Å². The van der Waals surface area contributed by atoms with Gasteiger partial charge in [0, 0.05) is 32.7 Å². The van der Waals surface area contributed by atoms with Gasteiger partial charge in [0.15, 0.2) is 0 Å². The van der Waals surface area contributed by atoms with E-state index in [2.05, 4.69) is 17.1 Å². The van der Waals surface area contributed by atoms with E-state index in [4.69, 9.17) is 0 Å². The van der Waals surface area contributed by atoms with Crippen LogP contribution in [0.5, 0.6) is 0 Å². The van der Waals surface area contributed by atoms with Crippen LogP contribution in [-0.4, -0.2) is 68.3 Å². The minimum Gasteiger partial charge on any atom is -0.317 e. The number of piperidine rings is 1. The third-order valence-corrected chi connectivity index (χ3v) is 4.84. The molecule has 0 atom stereocenters. The van der Waals surface area contributed by atoms with Crippen LogP contribution in [0.3, 0.4) is 0 Å². The van der Waals surface area contributed by atoms with Crippen LogP contribution in [-0.2, 0) is 0 Å². The first-order valence-corrected chi connectivity index (χ1v) is 7.65. The van der Waals surface area contributed by atoms with E-state index in [-0.39, 0.29) is 0 Å². The fourth-order valence-electron chi connectivity index (χ4n) is 3.41. The molecule has 0 unspecified atom stereocenters. The molecule has 0 aromatic rings. The van der Waals surface area contributed by atoms with Crippen LogP contribution in [0.25, 0.3) is 0 Å². The maximum absolute atomic E-state index is 12.4. The molecule has 3 nitrogen and oxygen atoms in total. The van der Waals surface area contributed by atoms with E-state index in [0.717, 1.165) is 39.1 Å². The fraction of sp³-hybridized carbons (Fsp3) is 1.00. The smallest absolute Gasteiger partial charge is 0.317 e. The molecule has 2 saturated heterocycles. The van der Waals surface area contributed by atoms with E-state index in [1.54, 1.807) is 0 Å². The van der Waals surface area contributed by atoms with E-state index in [1.165, 1.54) is 17.7 Å². The van der Waals surface area contributed by atoms with Gasteiger partial charge in [-0.05, 0) is 37.8 Å². The molecule has 2 fully saturated rings. The lowest BCUT2D eigenvalue weighted by atomic mass is 9.76. The highest BCUT2D eigenvalue weighted by atomic mass is 19.4. The summed E-state index contributed by atoms with van der Waals surface area (Å²) in [4.78, 5) is 3.89. The van der Waals surface area contributed by atoms with E-state index in [0.29, 0.717) is 18.5 Å². The number of piperazine rings is 1. The average Bonchev–Trinajstić information content (AvgIpc) is 2.40. The third-order valence-electron chi connectivity index (χ3n) is 4.84. The van der Waals surface area contributed by atoms with Gasteiger partial charge in [0.1, 0.15) is 0 Å². The monoisotopic (exact) mass is 293 g/mol. The van der Waals surface area contributed by atoms with Gasteiger partial charge in [-0.25, -0.2) is 0 Å². The van der Waals surface area contributed by atoms with Gasteiger partial charge in [0.2, 0.25) is 0 Å². The zero-order valence-electron chi connectivity index (χ0n) is 12.3. The van der Waals surface area contributed by atoms with Gasteiger partial charge in [-0.2, -0.15) is 13.2 Å². The van der Waals surface area contributed by atoms with Crippen molar-refractivity contribution in [2.45, 2.75) is 32.4 Å². The summed E-state index contributed by atoms with van der Waals surface area (Å²) in [5.74, 6) is 0. The highest BCUT2D eigenvalue weighted by molar-refractivity contribution is 4.88. The summed E-state index contributed by atoms with van der Waals surface area (Å²) in [5.41, 5.74) is 0.372.